The highest BCUT2D eigenvalue weighted by atomic mass is 16.6. The van der Waals surface area contributed by atoms with Gasteiger partial charge in [-0.1, -0.05) is 182 Å². The standard InChI is InChI=1S/C52H84O6/c1-4-7-10-13-16-19-22-24-25-26-28-30-33-36-39-42-45-51(54)57-48-49(47-56-50(53)44-41-38-35-32-29-21-18-15-12-9-6-3)58-52(55)46-43-40-37-34-31-27-23-20-17-14-11-8-5-2/h7-8,10-11,14-21,23-25,29,49H,4-6,9,12-13,22,26-28,30-48H2,1-3H3/b10-7-,11-8-,17-14-,18-15-,19-16-,23-20-,25-24-,29-21-. The number of carbonyl (C=O) groups excluding carboxylic acids is 3. The van der Waals surface area contributed by atoms with Gasteiger partial charge in [0.05, 0.1) is 0 Å². The number of unbranched alkanes of at least 4 members (excludes halogenated alkanes) is 16. The first kappa shape index (κ1) is 54.3. The van der Waals surface area contributed by atoms with E-state index in [1.165, 1.54) is 25.7 Å². The Morgan fingerprint density at radius 2 is 0.759 bits per heavy atom. The Kier molecular flexibility index (Phi) is 43.1. The minimum atomic E-state index is -0.803. The fourth-order valence-electron chi connectivity index (χ4n) is 5.90. The van der Waals surface area contributed by atoms with E-state index in [1.54, 1.807) is 0 Å². The quantitative estimate of drug-likeness (QED) is 0.0202. The average molecular weight is 805 g/mol. The van der Waals surface area contributed by atoms with Crippen LogP contribution in [0.15, 0.2) is 97.2 Å². The smallest absolute Gasteiger partial charge is 0.306 e. The zero-order valence-corrected chi connectivity index (χ0v) is 37.3. The molecule has 0 fully saturated rings. The van der Waals surface area contributed by atoms with Crippen molar-refractivity contribution in [2.24, 2.45) is 0 Å². The van der Waals surface area contributed by atoms with Gasteiger partial charge in [0.15, 0.2) is 6.10 Å². The van der Waals surface area contributed by atoms with E-state index in [-0.39, 0.29) is 31.1 Å². The molecule has 0 bridgehead atoms. The monoisotopic (exact) mass is 805 g/mol. The molecule has 0 radical (unpaired) electrons. The number of esters is 3. The Morgan fingerprint density at radius 3 is 1.28 bits per heavy atom. The van der Waals surface area contributed by atoms with Gasteiger partial charge in [-0.25, -0.2) is 0 Å². The molecular weight excluding hydrogens is 721 g/mol. The van der Waals surface area contributed by atoms with Crippen molar-refractivity contribution < 1.29 is 28.6 Å². The van der Waals surface area contributed by atoms with Crippen LogP contribution in [-0.2, 0) is 28.6 Å². The molecule has 0 aliphatic rings. The number of rotatable bonds is 40. The van der Waals surface area contributed by atoms with Gasteiger partial charge in [0.2, 0.25) is 0 Å². The molecule has 328 valence electrons. The van der Waals surface area contributed by atoms with Crippen LogP contribution < -0.4 is 0 Å². The third kappa shape index (κ3) is 43.5. The molecule has 0 aromatic carbocycles. The molecule has 1 unspecified atom stereocenters. The van der Waals surface area contributed by atoms with E-state index in [4.69, 9.17) is 14.2 Å². The molecule has 0 saturated heterocycles. The van der Waals surface area contributed by atoms with Crippen molar-refractivity contribution in [2.75, 3.05) is 13.2 Å². The van der Waals surface area contributed by atoms with E-state index in [0.29, 0.717) is 19.3 Å². The summed E-state index contributed by atoms with van der Waals surface area (Å²) in [5.41, 5.74) is 0. The Hall–Kier alpha value is -3.67. The van der Waals surface area contributed by atoms with Crippen LogP contribution in [0.5, 0.6) is 0 Å². The number of allylic oxidation sites excluding steroid dienone is 16. The average Bonchev–Trinajstić information content (AvgIpc) is 3.22. The fraction of sp³-hybridized carbons (Fsp3) is 0.635. The number of hydrogen-bond acceptors (Lipinski definition) is 6. The van der Waals surface area contributed by atoms with Crippen LogP contribution in [0.4, 0.5) is 0 Å². The Balaban J connectivity index is 4.47. The number of carbonyl (C=O) groups is 3. The summed E-state index contributed by atoms with van der Waals surface area (Å²) in [6, 6.07) is 0. The third-order valence-corrected chi connectivity index (χ3v) is 9.39. The second kappa shape index (κ2) is 46.0. The van der Waals surface area contributed by atoms with Crippen LogP contribution in [0.2, 0.25) is 0 Å². The maximum Gasteiger partial charge on any atom is 0.306 e. The molecule has 0 heterocycles. The molecule has 0 aromatic rings. The first-order valence-corrected chi connectivity index (χ1v) is 23.3. The van der Waals surface area contributed by atoms with E-state index in [0.717, 1.165) is 128 Å². The minimum Gasteiger partial charge on any atom is -0.462 e. The van der Waals surface area contributed by atoms with Crippen LogP contribution in [-0.4, -0.2) is 37.2 Å². The molecule has 0 aliphatic heterocycles. The first-order chi connectivity index (χ1) is 28.5. The summed E-state index contributed by atoms with van der Waals surface area (Å²) in [6.45, 7) is 6.26. The molecule has 0 N–H and O–H groups in total. The van der Waals surface area contributed by atoms with Crippen molar-refractivity contribution in [1.82, 2.24) is 0 Å². The molecule has 6 heteroatoms. The Labute approximate surface area is 356 Å². The lowest BCUT2D eigenvalue weighted by Crippen LogP contribution is -2.30. The van der Waals surface area contributed by atoms with E-state index in [9.17, 15) is 14.4 Å². The zero-order valence-electron chi connectivity index (χ0n) is 37.3. The van der Waals surface area contributed by atoms with E-state index < -0.39 is 6.10 Å². The van der Waals surface area contributed by atoms with Gasteiger partial charge in [0, 0.05) is 19.3 Å². The second-order valence-electron chi connectivity index (χ2n) is 15.0. The van der Waals surface area contributed by atoms with E-state index >= 15 is 0 Å². The van der Waals surface area contributed by atoms with Gasteiger partial charge in [-0.2, -0.15) is 0 Å². The highest BCUT2D eigenvalue weighted by Gasteiger charge is 2.19. The summed E-state index contributed by atoms with van der Waals surface area (Å²) >= 11 is 0. The van der Waals surface area contributed by atoms with Crippen LogP contribution in [0.1, 0.15) is 194 Å². The molecule has 0 spiro atoms. The summed E-state index contributed by atoms with van der Waals surface area (Å²) in [4.78, 5) is 37.8. The lowest BCUT2D eigenvalue weighted by atomic mass is 10.1. The van der Waals surface area contributed by atoms with Crippen molar-refractivity contribution >= 4 is 17.9 Å². The number of hydrogen-bond donors (Lipinski definition) is 0. The summed E-state index contributed by atoms with van der Waals surface area (Å²) in [5.74, 6) is -0.974. The summed E-state index contributed by atoms with van der Waals surface area (Å²) < 4.78 is 16.7. The minimum absolute atomic E-state index is 0.103. The zero-order chi connectivity index (χ0) is 42.3. The molecule has 0 amide bonds. The maximum atomic E-state index is 12.7. The summed E-state index contributed by atoms with van der Waals surface area (Å²) in [6.07, 6.45) is 59.6. The normalized spacial score (nSPS) is 12.9. The molecular formula is C52H84O6. The third-order valence-electron chi connectivity index (χ3n) is 9.39. The largest absolute Gasteiger partial charge is 0.462 e. The molecule has 0 aromatic heterocycles. The van der Waals surface area contributed by atoms with Crippen LogP contribution >= 0.6 is 0 Å². The van der Waals surface area contributed by atoms with Crippen LogP contribution in [0.25, 0.3) is 0 Å². The van der Waals surface area contributed by atoms with E-state index in [2.05, 4.69) is 112 Å². The molecule has 58 heavy (non-hydrogen) atoms. The second-order valence-corrected chi connectivity index (χ2v) is 15.0. The molecule has 0 aliphatic carbocycles. The van der Waals surface area contributed by atoms with Crippen LogP contribution in [0, 0.1) is 0 Å². The lowest BCUT2D eigenvalue weighted by Gasteiger charge is -2.18. The Morgan fingerprint density at radius 1 is 0.379 bits per heavy atom. The fourth-order valence-corrected chi connectivity index (χ4v) is 5.90. The maximum absolute atomic E-state index is 12.7. The molecule has 0 saturated carbocycles. The van der Waals surface area contributed by atoms with Gasteiger partial charge in [0.1, 0.15) is 13.2 Å². The predicted molar refractivity (Wildman–Crippen MR) is 247 cm³/mol. The highest BCUT2D eigenvalue weighted by Crippen LogP contribution is 2.13. The van der Waals surface area contributed by atoms with Gasteiger partial charge in [0.25, 0.3) is 0 Å². The first-order valence-electron chi connectivity index (χ1n) is 23.3. The highest BCUT2D eigenvalue weighted by molar-refractivity contribution is 5.71. The van der Waals surface area contributed by atoms with Crippen molar-refractivity contribution in [1.29, 1.82) is 0 Å². The molecule has 1 atom stereocenters. The van der Waals surface area contributed by atoms with Crippen LogP contribution in [0.3, 0.4) is 0 Å². The molecule has 6 nitrogen and oxygen atoms in total. The summed E-state index contributed by atoms with van der Waals surface area (Å²) in [7, 11) is 0. The van der Waals surface area contributed by atoms with Crippen molar-refractivity contribution in [3.05, 3.63) is 97.2 Å². The SMILES string of the molecule is CC\C=C/C=C\C=C/CCCCCCCC(=O)OC(COC(=O)CCCCC/C=C\C=C/CCCC)COC(=O)CCCCCCCC/C=C\C/C=C\C/C=C\CC. The van der Waals surface area contributed by atoms with Gasteiger partial charge in [-0.3, -0.25) is 14.4 Å². The number of ether oxygens (including phenoxy) is 3. The lowest BCUT2D eigenvalue weighted by molar-refractivity contribution is -0.167. The van der Waals surface area contributed by atoms with Gasteiger partial charge in [-0.15, -0.1) is 0 Å². The predicted octanol–water partition coefficient (Wildman–Crippen LogP) is 15.0. The van der Waals surface area contributed by atoms with E-state index in [1.807, 2.05) is 6.08 Å². The van der Waals surface area contributed by atoms with Gasteiger partial charge in [-0.05, 0) is 89.9 Å². The van der Waals surface area contributed by atoms with Gasteiger partial charge >= 0.3 is 17.9 Å². The summed E-state index contributed by atoms with van der Waals surface area (Å²) in [5, 5.41) is 0. The van der Waals surface area contributed by atoms with Crippen molar-refractivity contribution in [3.63, 3.8) is 0 Å². The van der Waals surface area contributed by atoms with Crippen molar-refractivity contribution in [2.45, 2.75) is 200 Å². The van der Waals surface area contributed by atoms with Gasteiger partial charge < -0.3 is 14.2 Å². The topological polar surface area (TPSA) is 78.9 Å². The van der Waals surface area contributed by atoms with Crippen molar-refractivity contribution in [3.8, 4) is 0 Å². The Bertz CT molecular complexity index is 1200. The molecule has 0 rings (SSSR count).